The summed E-state index contributed by atoms with van der Waals surface area (Å²) in [6, 6.07) is 12.8. The number of benzene rings is 2. The zero-order valence-electron chi connectivity index (χ0n) is 13.5. The Balaban J connectivity index is 0.00000161. The third-order valence-electron chi connectivity index (χ3n) is 3.38. The van der Waals surface area contributed by atoms with Crippen molar-refractivity contribution < 1.29 is 30.3 Å². The normalized spacial score (nSPS) is 9.57. The molecule has 1 aliphatic carbocycles. The molecule has 23 heavy (non-hydrogen) atoms. The van der Waals surface area contributed by atoms with E-state index in [2.05, 4.69) is 74.1 Å². The van der Waals surface area contributed by atoms with Crippen LogP contribution in [0.1, 0.15) is 0 Å². The van der Waals surface area contributed by atoms with E-state index in [0.29, 0.717) is 0 Å². The van der Waals surface area contributed by atoms with Gasteiger partial charge in [-0.25, -0.2) is 9.56 Å². The quantitative estimate of drug-likeness (QED) is 0.320. The largest absolute Gasteiger partial charge is 1.00 e. The SMILES string of the molecule is CN(C)c1ccc2nc3ccc(=[N+](C)C)cc-3sc2c1.O.[Cl-].[Cl-]. The van der Waals surface area contributed by atoms with Gasteiger partial charge in [0.25, 0.3) is 0 Å². The van der Waals surface area contributed by atoms with Gasteiger partial charge in [-0.15, -0.1) is 11.3 Å². The van der Waals surface area contributed by atoms with Crippen molar-refractivity contribution in [2.45, 2.75) is 0 Å². The first-order valence-corrected chi connectivity index (χ1v) is 7.38. The Morgan fingerprint density at radius 2 is 1.70 bits per heavy atom. The molecule has 0 saturated carbocycles. The minimum absolute atomic E-state index is 0. The first kappa shape index (κ1) is 21.6. The van der Waals surface area contributed by atoms with Gasteiger partial charge in [-0.05, 0) is 24.3 Å². The molecule has 7 heteroatoms. The summed E-state index contributed by atoms with van der Waals surface area (Å²) in [5, 5.41) is 1.21. The lowest BCUT2D eigenvalue weighted by molar-refractivity contribution is -0.00100. The summed E-state index contributed by atoms with van der Waals surface area (Å²) in [5.74, 6) is 0. The molecule has 0 saturated heterocycles. The summed E-state index contributed by atoms with van der Waals surface area (Å²) in [7, 11) is 8.24. The van der Waals surface area contributed by atoms with E-state index >= 15 is 0 Å². The lowest BCUT2D eigenvalue weighted by Gasteiger charge is -2.13. The summed E-state index contributed by atoms with van der Waals surface area (Å²) in [4.78, 5) is 8.09. The van der Waals surface area contributed by atoms with Gasteiger partial charge in [-0.3, -0.25) is 0 Å². The third-order valence-corrected chi connectivity index (χ3v) is 4.47. The zero-order chi connectivity index (χ0) is 14.3. The van der Waals surface area contributed by atoms with Crippen molar-refractivity contribution in [2.24, 2.45) is 0 Å². The molecule has 1 aromatic carbocycles. The Kier molecular flexibility index (Phi) is 7.94. The number of rotatable bonds is 1. The van der Waals surface area contributed by atoms with E-state index in [1.54, 1.807) is 11.3 Å². The Morgan fingerprint density at radius 3 is 2.30 bits per heavy atom. The molecule has 126 valence electrons. The molecule has 0 radical (unpaired) electrons. The maximum absolute atomic E-state index is 4.75. The Morgan fingerprint density at radius 1 is 1.00 bits per heavy atom. The summed E-state index contributed by atoms with van der Waals surface area (Å²) >= 11 is 1.80. The number of hydrogen-bond acceptors (Lipinski definition) is 3. The van der Waals surface area contributed by atoms with E-state index in [-0.39, 0.29) is 30.3 Å². The fraction of sp³-hybridized carbons (Fsp3) is 0.250. The molecule has 1 aliphatic heterocycles. The molecule has 1 aromatic rings. The molecular weight excluding hydrogens is 353 g/mol. The number of anilines is 1. The van der Waals surface area contributed by atoms with Gasteiger partial charge in [0.2, 0.25) is 5.36 Å². The van der Waals surface area contributed by atoms with Crippen molar-refractivity contribution >= 4 is 27.2 Å². The molecule has 3 rings (SSSR count). The van der Waals surface area contributed by atoms with Gasteiger partial charge < -0.3 is 35.2 Å². The number of nitrogens with zero attached hydrogens (tertiary/aromatic N) is 3. The van der Waals surface area contributed by atoms with Crippen LogP contribution in [-0.2, 0) is 0 Å². The molecular formula is C16H20Cl2N3OS-. The molecule has 0 atom stereocenters. The molecule has 0 fully saturated rings. The van der Waals surface area contributed by atoms with E-state index in [4.69, 9.17) is 4.98 Å². The summed E-state index contributed by atoms with van der Waals surface area (Å²) in [5.41, 5.74) is 3.33. The maximum Gasteiger partial charge on any atom is 0.201 e. The molecule has 2 N–H and O–H groups in total. The van der Waals surface area contributed by atoms with Crippen molar-refractivity contribution in [3.05, 3.63) is 41.8 Å². The summed E-state index contributed by atoms with van der Waals surface area (Å²) < 4.78 is 3.34. The van der Waals surface area contributed by atoms with Gasteiger partial charge in [-0.2, -0.15) is 0 Å². The summed E-state index contributed by atoms with van der Waals surface area (Å²) in [6.07, 6.45) is 0. The first-order valence-electron chi connectivity index (χ1n) is 6.57. The van der Waals surface area contributed by atoms with Crippen LogP contribution in [0.15, 0.2) is 36.4 Å². The van der Waals surface area contributed by atoms with E-state index < -0.39 is 0 Å². The second-order valence-electron chi connectivity index (χ2n) is 5.31. The van der Waals surface area contributed by atoms with Crippen molar-refractivity contribution in [2.75, 3.05) is 33.1 Å². The fourth-order valence-electron chi connectivity index (χ4n) is 2.16. The summed E-state index contributed by atoms with van der Waals surface area (Å²) in [6.45, 7) is 0. The van der Waals surface area contributed by atoms with E-state index in [9.17, 15) is 0 Å². The first-order chi connectivity index (χ1) is 9.54. The van der Waals surface area contributed by atoms with Crippen molar-refractivity contribution in [1.29, 1.82) is 0 Å². The number of halogens is 2. The molecule has 0 spiro atoms. The van der Waals surface area contributed by atoms with Crippen LogP contribution in [0.5, 0.6) is 0 Å². The van der Waals surface area contributed by atoms with Crippen LogP contribution in [0.25, 0.3) is 20.8 Å². The maximum atomic E-state index is 4.75. The van der Waals surface area contributed by atoms with Crippen LogP contribution in [0.4, 0.5) is 5.69 Å². The van der Waals surface area contributed by atoms with Crippen molar-refractivity contribution in [1.82, 2.24) is 9.56 Å². The lowest BCUT2D eigenvalue weighted by Crippen LogP contribution is -3.00. The molecule has 0 unspecified atom stereocenters. The van der Waals surface area contributed by atoms with Gasteiger partial charge in [0, 0.05) is 31.9 Å². The minimum atomic E-state index is 0. The third kappa shape index (κ3) is 4.32. The average Bonchev–Trinajstić information content (AvgIpc) is 2.43. The van der Waals surface area contributed by atoms with E-state index in [0.717, 1.165) is 11.2 Å². The van der Waals surface area contributed by atoms with Crippen LogP contribution < -0.4 is 39.6 Å². The molecule has 1 heterocycles. The van der Waals surface area contributed by atoms with Gasteiger partial charge in [0.1, 0.15) is 14.1 Å². The fourth-order valence-corrected chi connectivity index (χ4v) is 3.19. The molecule has 0 aromatic heterocycles. The predicted octanol–water partition coefficient (Wildman–Crippen LogP) is -4.32. The number of aromatic nitrogens is 1. The Bertz CT molecular complexity index is 829. The van der Waals surface area contributed by atoms with Gasteiger partial charge in [0.05, 0.1) is 20.8 Å². The standard InChI is InChI=1S/C16H18N3S.2ClH.H2O/c1-18(2)11-5-7-13-15(9-11)20-16-10-12(19(3)4)6-8-14(16)17-13;;;/h5-10H,1-4H3;2*1H;1H2/q+1;;;/p-2. The van der Waals surface area contributed by atoms with E-state index in [1.807, 2.05) is 0 Å². The Hall–Kier alpha value is -1.40. The zero-order valence-corrected chi connectivity index (χ0v) is 15.8. The van der Waals surface area contributed by atoms with Crippen LogP contribution >= 0.6 is 11.3 Å². The number of fused-ring (bicyclic) bond motifs is 2. The van der Waals surface area contributed by atoms with Gasteiger partial charge in [0.15, 0.2) is 0 Å². The van der Waals surface area contributed by atoms with Crippen molar-refractivity contribution in [3.63, 3.8) is 0 Å². The molecule has 4 nitrogen and oxygen atoms in total. The van der Waals surface area contributed by atoms with Crippen LogP contribution in [0, 0.1) is 0 Å². The van der Waals surface area contributed by atoms with Crippen LogP contribution in [0.2, 0.25) is 0 Å². The van der Waals surface area contributed by atoms with Crippen LogP contribution in [-0.4, -0.2) is 38.7 Å². The highest BCUT2D eigenvalue weighted by Crippen LogP contribution is 2.31. The second kappa shape index (κ2) is 8.45. The molecule has 0 bridgehead atoms. The highest BCUT2D eigenvalue weighted by atomic mass is 35.5. The number of hydrogen-bond donors (Lipinski definition) is 0. The van der Waals surface area contributed by atoms with E-state index in [1.165, 1.54) is 20.6 Å². The second-order valence-corrected chi connectivity index (χ2v) is 6.39. The highest BCUT2D eigenvalue weighted by Gasteiger charge is 2.09. The smallest absolute Gasteiger partial charge is 0.201 e. The van der Waals surface area contributed by atoms with Crippen molar-refractivity contribution in [3.8, 4) is 10.6 Å². The highest BCUT2D eigenvalue weighted by molar-refractivity contribution is 7.21. The molecule has 0 amide bonds. The topological polar surface area (TPSA) is 50.6 Å². The monoisotopic (exact) mass is 372 g/mol. The van der Waals surface area contributed by atoms with Crippen LogP contribution in [0.3, 0.4) is 0 Å². The van der Waals surface area contributed by atoms with Gasteiger partial charge in [-0.1, -0.05) is 0 Å². The minimum Gasteiger partial charge on any atom is -1.00 e. The lowest BCUT2D eigenvalue weighted by atomic mass is 10.2. The molecule has 2 aliphatic rings. The average molecular weight is 373 g/mol. The van der Waals surface area contributed by atoms with Gasteiger partial charge >= 0.3 is 0 Å². The predicted molar refractivity (Wildman–Crippen MR) is 91.3 cm³/mol. The Labute approximate surface area is 152 Å².